The summed E-state index contributed by atoms with van der Waals surface area (Å²) in [5.74, 6) is 1.05. The number of tetrazole rings is 1. The van der Waals surface area contributed by atoms with Crippen molar-refractivity contribution in [2.75, 3.05) is 33.7 Å². The van der Waals surface area contributed by atoms with Crippen LogP contribution >= 0.6 is 0 Å². The minimum atomic E-state index is 0.228. The lowest BCUT2D eigenvalue weighted by molar-refractivity contribution is -0.132. The number of benzene rings is 1. The van der Waals surface area contributed by atoms with E-state index in [0.29, 0.717) is 18.4 Å². The molecule has 1 aliphatic rings. The Labute approximate surface area is 206 Å². The molecule has 1 aliphatic heterocycles. The molecule has 1 saturated heterocycles. The van der Waals surface area contributed by atoms with Crippen molar-refractivity contribution in [3.8, 4) is 11.3 Å². The van der Waals surface area contributed by atoms with Gasteiger partial charge < -0.3 is 14.8 Å². The molecule has 4 heterocycles. The highest BCUT2D eigenvalue weighted by molar-refractivity contribution is 5.92. The number of amides is 1. The van der Waals surface area contributed by atoms with E-state index in [1.807, 2.05) is 30.1 Å². The largest absolute Gasteiger partial charge is 0.354 e. The molecule has 35 heavy (non-hydrogen) atoms. The minimum absolute atomic E-state index is 0.228. The van der Waals surface area contributed by atoms with E-state index in [-0.39, 0.29) is 5.91 Å². The average molecular weight is 474 g/mol. The van der Waals surface area contributed by atoms with Gasteiger partial charge in [-0.25, -0.2) is 0 Å². The number of aromatic nitrogens is 5. The Morgan fingerprint density at radius 3 is 2.60 bits per heavy atom. The van der Waals surface area contributed by atoms with E-state index < -0.39 is 0 Å². The summed E-state index contributed by atoms with van der Waals surface area (Å²) in [6.07, 6.45) is 4.05. The van der Waals surface area contributed by atoms with E-state index in [4.69, 9.17) is 0 Å². The molecule has 8 nitrogen and oxygen atoms in total. The van der Waals surface area contributed by atoms with Crippen molar-refractivity contribution >= 4 is 22.5 Å². The van der Waals surface area contributed by atoms with Gasteiger partial charge in [-0.1, -0.05) is 19.9 Å². The first kappa shape index (κ1) is 23.5. The van der Waals surface area contributed by atoms with Crippen LogP contribution in [0.4, 0.5) is 0 Å². The standard InChI is InChI=1S/C27H35N7O/c1-16(2)25-21-13-20(19-9-11-33(12-10-19)24(35)15-32(5)6)7-8-23(21)28-26(25)22-14-34-27(29-30-31-34)18(4)17(22)3/h7-8,13-14,16,19,28H,9-12,15H2,1-6H3. The molecule has 0 saturated carbocycles. The third-order valence-corrected chi connectivity index (χ3v) is 7.53. The van der Waals surface area contributed by atoms with Gasteiger partial charge in [-0.3, -0.25) is 4.79 Å². The van der Waals surface area contributed by atoms with Gasteiger partial charge in [-0.05, 0) is 97.4 Å². The molecule has 184 valence electrons. The molecule has 1 amide bonds. The van der Waals surface area contributed by atoms with Gasteiger partial charge in [0.1, 0.15) is 0 Å². The maximum absolute atomic E-state index is 12.5. The van der Waals surface area contributed by atoms with E-state index in [2.05, 4.69) is 66.4 Å². The second kappa shape index (κ2) is 9.07. The van der Waals surface area contributed by atoms with Crippen LogP contribution in [0, 0.1) is 13.8 Å². The first-order valence-electron chi connectivity index (χ1n) is 12.5. The van der Waals surface area contributed by atoms with E-state index in [9.17, 15) is 4.79 Å². The Morgan fingerprint density at radius 2 is 1.91 bits per heavy atom. The highest BCUT2D eigenvalue weighted by atomic mass is 16.2. The van der Waals surface area contributed by atoms with Crippen LogP contribution in [0.2, 0.25) is 0 Å². The molecular weight excluding hydrogens is 438 g/mol. The predicted octanol–water partition coefficient (Wildman–Crippen LogP) is 4.28. The third-order valence-electron chi connectivity index (χ3n) is 7.53. The van der Waals surface area contributed by atoms with Crippen molar-refractivity contribution in [2.24, 2.45) is 0 Å². The van der Waals surface area contributed by atoms with Crippen molar-refractivity contribution in [3.05, 3.63) is 46.6 Å². The predicted molar refractivity (Wildman–Crippen MR) is 139 cm³/mol. The number of likely N-dealkylation sites (tertiary alicyclic amines) is 1. The number of H-pyrrole nitrogens is 1. The summed E-state index contributed by atoms with van der Waals surface area (Å²) in [6.45, 7) is 10.9. The van der Waals surface area contributed by atoms with Crippen molar-refractivity contribution < 1.29 is 4.79 Å². The molecule has 0 aliphatic carbocycles. The van der Waals surface area contributed by atoms with Gasteiger partial charge in [-0.2, -0.15) is 4.52 Å². The Morgan fingerprint density at radius 1 is 1.17 bits per heavy atom. The third kappa shape index (κ3) is 4.20. The van der Waals surface area contributed by atoms with E-state index in [1.54, 1.807) is 4.52 Å². The number of hydrogen-bond donors (Lipinski definition) is 1. The normalized spacial score (nSPS) is 15.3. The molecule has 0 unspecified atom stereocenters. The smallest absolute Gasteiger partial charge is 0.236 e. The van der Waals surface area contributed by atoms with Crippen molar-refractivity contribution in [3.63, 3.8) is 0 Å². The SMILES string of the molecule is Cc1c(-c2[nH]c3ccc(C4CCN(C(=O)CN(C)C)CC4)cc3c2C(C)C)cn2nnnc2c1C. The molecule has 5 rings (SSSR count). The summed E-state index contributed by atoms with van der Waals surface area (Å²) in [7, 11) is 3.89. The Kier molecular flexibility index (Phi) is 6.09. The van der Waals surface area contributed by atoms with Gasteiger partial charge >= 0.3 is 0 Å². The van der Waals surface area contributed by atoms with E-state index >= 15 is 0 Å². The van der Waals surface area contributed by atoms with Gasteiger partial charge in [0.25, 0.3) is 0 Å². The number of rotatable bonds is 5. The number of nitrogens with zero attached hydrogens (tertiary/aromatic N) is 6. The Hall–Kier alpha value is -3.26. The molecule has 1 fully saturated rings. The number of pyridine rings is 1. The number of carbonyl (C=O) groups is 1. The van der Waals surface area contributed by atoms with Crippen LogP contribution in [0.3, 0.4) is 0 Å². The number of likely N-dealkylation sites (N-methyl/N-ethyl adjacent to an activating group) is 1. The fraction of sp³-hybridized carbons (Fsp3) is 0.481. The maximum atomic E-state index is 12.5. The molecular formula is C27H35N7O. The number of fused-ring (bicyclic) bond motifs is 2. The summed E-state index contributed by atoms with van der Waals surface area (Å²) in [5.41, 5.74) is 9.22. The molecule has 1 aromatic carbocycles. The van der Waals surface area contributed by atoms with E-state index in [0.717, 1.165) is 53.9 Å². The van der Waals surface area contributed by atoms with Crippen LogP contribution in [0.1, 0.15) is 60.8 Å². The highest BCUT2D eigenvalue weighted by Crippen LogP contribution is 2.39. The molecule has 0 atom stereocenters. The lowest BCUT2D eigenvalue weighted by Gasteiger charge is -2.33. The lowest BCUT2D eigenvalue weighted by Crippen LogP contribution is -2.42. The number of carbonyl (C=O) groups excluding carboxylic acids is 1. The number of aryl methyl sites for hydroxylation is 1. The summed E-state index contributed by atoms with van der Waals surface area (Å²) in [6, 6.07) is 6.86. The zero-order valence-electron chi connectivity index (χ0n) is 21.6. The molecule has 0 radical (unpaired) electrons. The van der Waals surface area contributed by atoms with Gasteiger partial charge in [0, 0.05) is 35.8 Å². The molecule has 0 bridgehead atoms. The molecule has 3 aromatic heterocycles. The van der Waals surface area contributed by atoms with Gasteiger partial charge in [0.05, 0.1) is 12.2 Å². The van der Waals surface area contributed by atoms with Crippen LogP contribution in [-0.4, -0.2) is 74.5 Å². The van der Waals surface area contributed by atoms with Gasteiger partial charge in [0.2, 0.25) is 5.91 Å². The maximum Gasteiger partial charge on any atom is 0.236 e. The first-order chi connectivity index (χ1) is 16.7. The summed E-state index contributed by atoms with van der Waals surface area (Å²) < 4.78 is 1.77. The number of nitrogens with one attached hydrogen (secondary N) is 1. The van der Waals surface area contributed by atoms with Gasteiger partial charge in [-0.15, -0.1) is 5.10 Å². The number of aromatic amines is 1. The topological polar surface area (TPSA) is 82.4 Å². The molecule has 4 aromatic rings. The second-order valence-corrected chi connectivity index (χ2v) is 10.5. The fourth-order valence-corrected chi connectivity index (χ4v) is 5.50. The quantitative estimate of drug-likeness (QED) is 0.468. The lowest BCUT2D eigenvalue weighted by atomic mass is 9.87. The van der Waals surface area contributed by atoms with E-state index in [1.165, 1.54) is 22.1 Å². The van der Waals surface area contributed by atoms with Crippen LogP contribution in [0.25, 0.3) is 27.8 Å². The number of hydrogen-bond acceptors (Lipinski definition) is 5. The zero-order valence-corrected chi connectivity index (χ0v) is 21.6. The monoisotopic (exact) mass is 473 g/mol. The second-order valence-electron chi connectivity index (χ2n) is 10.5. The van der Waals surface area contributed by atoms with Crippen LogP contribution in [-0.2, 0) is 4.79 Å². The summed E-state index contributed by atoms with van der Waals surface area (Å²) in [5, 5.41) is 13.5. The molecule has 8 heteroatoms. The summed E-state index contributed by atoms with van der Waals surface area (Å²) in [4.78, 5) is 20.1. The minimum Gasteiger partial charge on any atom is -0.354 e. The molecule has 0 spiro atoms. The van der Waals surface area contributed by atoms with Crippen LogP contribution < -0.4 is 0 Å². The Bertz CT molecular complexity index is 1390. The van der Waals surface area contributed by atoms with Crippen molar-refractivity contribution in [1.82, 2.24) is 34.8 Å². The van der Waals surface area contributed by atoms with Crippen molar-refractivity contribution in [1.29, 1.82) is 0 Å². The van der Waals surface area contributed by atoms with Crippen molar-refractivity contribution in [2.45, 2.75) is 52.4 Å². The highest BCUT2D eigenvalue weighted by Gasteiger charge is 2.26. The van der Waals surface area contributed by atoms with Crippen LogP contribution in [0.5, 0.6) is 0 Å². The number of piperidine rings is 1. The van der Waals surface area contributed by atoms with Crippen LogP contribution in [0.15, 0.2) is 24.4 Å². The zero-order chi connectivity index (χ0) is 24.9. The molecule has 1 N–H and O–H groups in total. The summed E-state index contributed by atoms with van der Waals surface area (Å²) >= 11 is 0. The Balaban J connectivity index is 1.50. The fourth-order valence-electron chi connectivity index (χ4n) is 5.50. The average Bonchev–Trinajstić information content (AvgIpc) is 3.45. The first-order valence-corrected chi connectivity index (χ1v) is 12.5. The van der Waals surface area contributed by atoms with Gasteiger partial charge in [0.15, 0.2) is 5.65 Å².